The van der Waals surface area contributed by atoms with Crippen molar-refractivity contribution in [2.24, 2.45) is 17.8 Å². The van der Waals surface area contributed by atoms with Crippen molar-refractivity contribution in [2.45, 2.75) is 25.7 Å². The van der Waals surface area contributed by atoms with Gasteiger partial charge >= 0.3 is 0 Å². The highest BCUT2D eigenvalue weighted by Crippen LogP contribution is 2.57. The van der Waals surface area contributed by atoms with Crippen LogP contribution in [0.25, 0.3) is 0 Å². The molecule has 0 aromatic carbocycles. The summed E-state index contributed by atoms with van der Waals surface area (Å²) < 4.78 is 5.31. The van der Waals surface area contributed by atoms with Gasteiger partial charge in [-0.25, -0.2) is 0 Å². The molecule has 0 radical (unpaired) electrons. The molecule has 4 heteroatoms. The number of amides is 1. The maximum absolute atomic E-state index is 11.9. The van der Waals surface area contributed by atoms with E-state index < -0.39 is 0 Å². The van der Waals surface area contributed by atoms with Gasteiger partial charge in [-0.2, -0.15) is 0 Å². The lowest BCUT2D eigenvalue weighted by Crippen LogP contribution is -2.38. The average molecular weight is 252 g/mol. The minimum atomic E-state index is 0.326. The molecule has 0 spiro atoms. The van der Waals surface area contributed by atoms with Crippen molar-refractivity contribution in [3.8, 4) is 0 Å². The first-order valence-electron chi connectivity index (χ1n) is 7.44. The van der Waals surface area contributed by atoms with Crippen molar-refractivity contribution < 1.29 is 9.53 Å². The van der Waals surface area contributed by atoms with Gasteiger partial charge < -0.3 is 10.1 Å². The molecule has 18 heavy (non-hydrogen) atoms. The van der Waals surface area contributed by atoms with Crippen LogP contribution in [0.4, 0.5) is 0 Å². The second kappa shape index (κ2) is 5.57. The zero-order chi connectivity index (χ0) is 12.4. The van der Waals surface area contributed by atoms with E-state index in [9.17, 15) is 4.79 Å². The molecule has 1 heterocycles. The Morgan fingerprint density at radius 2 is 1.94 bits per heavy atom. The molecule has 102 valence electrons. The molecule has 3 rings (SSSR count). The van der Waals surface area contributed by atoms with E-state index >= 15 is 0 Å². The molecular formula is C14H24N2O2. The number of ether oxygens (including phenoxy) is 1. The van der Waals surface area contributed by atoms with Crippen molar-refractivity contribution in [3.05, 3.63) is 0 Å². The summed E-state index contributed by atoms with van der Waals surface area (Å²) in [6, 6.07) is 0. The minimum Gasteiger partial charge on any atom is -0.379 e. The highest BCUT2D eigenvalue weighted by molar-refractivity contribution is 5.82. The third-order valence-electron chi connectivity index (χ3n) is 4.76. The fraction of sp³-hybridized carbons (Fsp3) is 0.929. The monoisotopic (exact) mass is 252 g/mol. The number of carbonyl (C=O) groups excluding carboxylic acids is 1. The van der Waals surface area contributed by atoms with Gasteiger partial charge in [0.15, 0.2) is 0 Å². The predicted octanol–water partition coefficient (Wildman–Crippen LogP) is 0.871. The maximum Gasteiger partial charge on any atom is 0.223 e. The van der Waals surface area contributed by atoms with Gasteiger partial charge in [0, 0.05) is 25.6 Å². The lowest BCUT2D eigenvalue weighted by atomic mass is 10.1. The fourth-order valence-corrected chi connectivity index (χ4v) is 3.67. The Hall–Kier alpha value is -0.610. The Kier molecular flexibility index (Phi) is 3.85. The lowest BCUT2D eigenvalue weighted by Gasteiger charge is -2.26. The number of morpholine rings is 1. The number of hydrogen-bond acceptors (Lipinski definition) is 3. The summed E-state index contributed by atoms with van der Waals surface area (Å²) in [5.41, 5.74) is 0. The Morgan fingerprint density at radius 3 is 2.67 bits per heavy atom. The van der Waals surface area contributed by atoms with Gasteiger partial charge in [0.2, 0.25) is 5.91 Å². The molecule has 1 aliphatic heterocycles. The van der Waals surface area contributed by atoms with Crippen LogP contribution in [0, 0.1) is 17.8 Å². The van der Waals surface area contributed by atoms with Crippen molar-refractivity contribution in [2.75, 3.05) is 39.4 Å². The van der Waals surface area contributed by atoms with Crippen LogP contribution >= 0.6 is 0 Å². The molecule has 3 aliphatic rings. The highest BCUT2D eigenvalue weighted by atomic mass is 16.5. The molecule has 0 bridgehead atoms. The van der Waals surface area contributed by atoms with E-state index in [2.05, 4.69) is 10.2 Å². The first-order chi connectivity index (χ1) is 8.86. The smallest absolute Gasteiger partial charge is 0.223 e. The van der Waals surface area contributed by atoms with E-state index in [1.54, 1.807) is 0 Å². The zero-order valence-electron chi connectivity index (χ0n) is 11.1. The molecule has 0 unspecified atom stereocenters. The van der Waals surface area contributed by atoms with Gasteiger partial charge in [-0.1, -0.05) is 6.42 Å². The SMILES string of the molecule is O=C(NCCCN1CCOCC1)C1[C@@H]2CCC[C@@H]12. The summed E-state index contributed by atoms with van der Waals surface area (Å²) in [7, 11) is 0. The third-order valence-corrected chi connectivity index (χ3v) is 4.76. The summed E-state index contributed by atoms with van der Waals surface area (Å²) >= 11 is 0. The fourth-order valence-electron chi connectivity index (χ4n) is 3.67. The van der Waals surface area contributed by atoms with E-state index in [1.807, 2.05) is 0 Å². The van der Waals surface area contributed by atoms with E-state index in [0.717, 1.165) is 57.6 Å². The van der Waals surface area contributed by atoms with Crippen LogP contribution in [0.5, 0.6) is 0 Å². The van der Waals surface area contributed by atoms with Crippen molar-refractivity contribution >= 4 is 5.91 Å². The zero-order valence-corrected chi connectivity index (χ0v) is 11.1. The summed E-state index contributed by atoms with van der Waals surface area (Å²) in [5, 5.41) is 3.12. The second-order valence-electron chi connectivity index (χ2n) is 5.88. The molecule has 2 aliphatic carbocycles. The molecule has 0 aromatic heterocycles. The molecule has 2 atom stereocenters. The van der Waals surface area contributed by atoms with Crippen LogP contribution in [0.3, 0.4) is 0 Å². The average Bonchev–Trinajstić information content (AvgIpc) is 2.89. The van der Waals surface area contributed by atoms with Gasteiger partial charge in [0.1, 0.15) is 0 Å². The van der Waals surface area contributed by atoms with Gasteiger partial charge in [0.05, 0.1) is 13.2 Å². The largest absolute Gasteiger partial charge is 0.379 e. The Balaban J connectivity index is 1.27. The molecule has 1 N–H and O–H groups in total. The topological polar surface area (TPSA) is 41.6 Å². The van der Waals surface area contributed by atoms with Crippen LogP contribution in [0.2, 0.25) is 0 Å². The molecule has 3 fully saturated rings. The van der Waals surface area contributed by atoms with Crippen LogP contribution in [0.1, 0.15) is 25.7 Å². The normalized spacial score (nSPS) is 35.2. The van der Waals surface area contributed by atoms with Gasteiger partial charge in [-0.15, -0.1) is 0 Å². The molecule has 0 aromatic rings. The molecule has 4 nitrogen and oxygen atoms in total. The van der Waals surface area contributed by atoms with E-state index in [4.69, 9.17) is 4.74 Å². The molecule has 1 saturated heterocycles. The number of rotatable bonds is 5. The van der Waals surface area contributed by atoms with E-state index in [0.29, 0.717) is 11.8 Å². The van der Waals surface area contributed by atoms with Crippen molar-refractivity contribution in [1.82, 2.24) is 10.2 Å². The summed E-state index contributed by atoms with van der Waals surface area (Å²) in [5.74, 6) is 2.18. The van der Waals surface area contributed by atoms with Gasteiger partial charge in [-0.05, 0) is 37.6 Å². The Labute approximate surface area is 109 Å². The van der Waals surface area contributed by atoms with Crippen LogP contribution in [-0.2, 0) is 9.53 Å². The maximum atomic E-state index is 11.9. The van der Waals surface area contributed by atoms with Crippen molar-refractivity contribution in [1.29, 1.82) is 0 Å². The number of nitrogens with zero attached hydrogens (tertiary/aromatic N) is 1. The number of carbonyl (C=O) groups is 1. The molecule has 1 amide bonds. The molecule has 2 saturated carbocycles. The quantitative estimate of drug-likeness (QED) is 0.738. The van der Waals surface area contributed by atoms with E-state index in [1.165, 1.54) is 19.3 Å². The number of fused-ring (bicyclic) bond motifs is 1. The van der Waals surface area contributed by atoms with Crippen LogP contribution in [-0.4, -0.2) is 50.2 Å². The van der Waals surface area contributed by atoms with Gasteiger partial charge in [0.25, 0.3) is 0 Å². The predicted molar refractivity (Wildman–Crippen MR) is 69.2 cm³/mol. The van der Waals surface area contributed by atoms with E-state index in [-0.39, 0.29) is 0 Å². The first-order valence-corrected chi connectivity index (χ1v) is 7.44. The second-order valence-corrected chi connectivity index (χ2v) is 5.88. The van der Waals surface area contributed by atoms with Gasteiger partial charge in [-0.3, -0.25) is 9.69 Å². The minimum absolute atomic E-state index is 0.326. The number of nitrogens with one attached hydrogen (secondary N) is 1. The molecular weight excluding hydrogens is 228 g/mol. The van der Waals surface area contributed by atoms with Crippen LogP contribution in [0.15, 0.2) is 0 Å². The number of hydrogen-bond donors (Lipinski definition) is 1. The first kappa shape index (κ1) is 12.4. The summed E-state index contributed by atoms with van der Waals surface area (Å²) in [6.07, 6.45) is 4.98. The Morgan fingerprint density at radius 1 is 1.22 bits per heavy atom. The summed E-state index contributed by atoms with van der Waals surface area (Å²) in [4.78, 5) is 14.3. The third kappa shape index (κ3) is 2.69. The summed E-state index contributed by atoms with van der Waals surface area (Å²) in [6.45, 7) is 5.73. The van der Waals surface area contributed by atoms with Crippen molar-refractivity contribution in [3.63, 3.8) is 0 Å². The van der Waals surface area contributed by atoms with Crippen LogP contribution < -0.4 is 5.32 Å². The Bertz CT molecular complexity index is 292. The highest BCUT2D eigenvalue weighted by Gasteiger charge is 2.56. The lowest BCUT2D eigenvalue weighted by molar-refractivity contribution is -0.123. The standard InChI is InChI=1S/C14H24N2O2/c17-14(13-11-3-1-4-12(11)13)15-5-2-6-16-7-9-18-10-8-16/h11-13H,1-10H2,(H,15,17)/t11-,12-/m1/s1.